The monoisotopic (exact) mass is 269 g/mol. The molecule has 1 aromatic carbocycles. The third kappa shape index (κ3) is 5.25. The van der Waals surface area contributed by atoms with Crippen molar-refractivity contribution in [3.63, 3.8) is 0 Å². The van der Waals surface area contributed by atoms with E-state index in [9.17, 15) is 9.90 Å². The molecule has 2 unspecified atom stereocenters. The predicted molar refractivity (Wildman–Crippen MR) is 68.5 cm³/mol. The van der Waals surface area contributed by atoms with Gasteiger partial charge in [0.2, 0.25) is 6.41 Å². The zero-order valence-electron chi connectivity index (χ0n) is 11.1. The van der Waals surface area contributed by atoms with Gasteiger partial charge in [0, 0.05) is 0 Å². The third-order valence-electron chi connectivity index (χ3n) is 2.25. The number of ether oxygens (including phenoxy) is 1. The molecular weight excluding hydrogens is 250 g/mol. The molecule has 0 fully saturated rings. The van der Waals surface area contributed by atoms with E-state index in [1.165, 1.54) is 24.3 Å². The molecule has 1 rings (SSSR count). The Morgan fingerprint density at radius 3 is 2.21 bits per heavy atom. The molecular formula is C13H19NO5. The molecule has 0 spiro atoms. The number of hydrogen-bond acceptors (Lipinski definition) is 5. The van der Waals surface area contributed by atoms with Gasteiger partial charge >= 0.3 is 5.97 Å². The van der Waals surface area contributed by atoms with Crippen molar-refractivity contribution in [2.75, 3.05) is 0 Å². The van der Waals surface area contributed by atoms with Crippen LogP contribution in [-0.2, 0) is 9.53 Å². The minimum atomic E-state index is -1.41. The largest absolute Gasteiger partial charge is 0.508 e. The molecule has 4 N–H and O–H groups in total. The van der Waals surface area contributed by atoms with E-state index in [-0.39, 0.29) is 5.75 Å². The van der Waals surface area contributed by atoms with E-state index in [4.69, 9.17) is 14.9 Å². The van der Waals surface area contributed by atoms with Crippen LogP contribution in [-0.4, -0.2) is 33.3 Å². The predicted octanol–water partition coefficient (Wildman–Crippen LogP) is 1.20. The van der Waals surface area contributed by atoms with Crippen molar-refractivity contribution in [2.45, 2.75) is 38.8 Å². The summed E-state index contributed by atoms with van der Waals surface area (Å²) >= 11 is 0. The normalized spacial score (nSPS) is 14.9. The summed E-state index contributed by atoms with van der Waals surface area (Å²) in [7, 11) is 0. The second-order valence-electron chi connectivity index (χ2n) is 5.11. The molecule has 19 heavy (non-hydrogen) atoms. The van der Waals surface area contributed by atoms with E-state index < -0.39 is 24.0 Å². The summed E-state index contributed by atoms with van der Waals surface area (Å²) in [6.07, 6.45) is -1.41. The van der Waals surface area contributed by atoms with Gasteiger partial charge < -0.3 is 20.1 Å². The van der Waals surface area contributed by atoms with Crippen molar-refractivity contribution < 1.29 is 24.9 Å². The lowest BCUT2D eigenvalue weighted by Crippen LogP contribution is -2.42. The molecule has 0 saturated heterocycles. The smallest absolute Gasteiger partial charge is 0.325 e. The maximum absolute atomic E-state index is 11.2. The Labute approximate surface area is 111 Å². The molecule has 106 valence electrons. The number of carbonyl (C=O) groups is 1. The van der Waals surface area contributed by atoms with Gasteiger partial charge in [-0.15, -0.1) is 0 Å². The molecule has 2 atom stereocenters. The number of aromatic hydroxyl groups is 1. The van der Waals surface area contributed by atoms with E-state index in [1.54, 1.807) is 20.8 Å². The maximum Gasteiger partial charge on any atom is 0.325 e. The summed E-state index contributed by atoms with van der Waals surface area (Å²) in [5.41, 5.74) is -0.202. The zero-order valence-corrected chi connectivity index (χ0v) is 11.1. The van der Waals surface area contributed by atoms with E-state index >= 15 is 0 Å². The molecule has 0 saturated carbocycles. The first-order valence-electron chi connectivity index (χ1n) is 5.83. The lowest BCUT2D eigenvalue weighted by atomic mass is 10.1. The van der Waals surface area contributed by atoms with Crippen LogP contribution in [0.3, 0.4) is 0 Å². The highest BCUT2D eigenvalue weighted by Crippen LogP contribution is 2.18. The van der Waals surface area contributed by atoms with Crippen molar-refractivity contribution in [3.05, 3.63) is 29.8 Å². The van der Waals surface area contributed by atoms with Crippen molar-refractivity contribution in [3.8, 4) is 5.75 Å². The summed E-state index contributed by atoms with van der Waals surface area (Å²) in [5.74, 6) is -1.11. The topological polar surface area (TPSA) is 99.0 Å². The molecule has 0 aromatic heterocycles. The van der Waals surface area contributed by atoms with E-state index in [2.05, 4.69) is 5.32 Å². The third-order valence-corrected chi connectivity index (χ3v) is 2.25. The fourth-order valence-electron chi connectivity index (χ4n) is 1.49. The summed E-state index contributed by atoms with van der Waals surface area (Å²) in [5, 5.41) is 30.5. The highest BCUT2D eigenvalue weighted by atomic mass is 16.6. The van der Waals surface area contributed by atoms with Crippen LogP contribution in [0.15, 0.2) is 24.3 Å². The number of rotatable bonds is 5. The minimum absolute atomic E-state index is 0.0411. The lowest BCUT2D eigenvalue weighted by molar-refractivity contribution is -0.189. The number of aliphatic hydroxyl groups excluding tert-OH is 1. The van der Waals surface area contributed by atoms with Crippen LogP contribution in [0.4, 0.5) is 0 Å². The Morgan fingerprint density at radius 2 is 1.79 bits per heavy atom. The summed E-state index contributed by atoms with van der Waals surface area (Å²) in [6, 6.07) is 4.56. The van der Waals surface area contributed by atoms with Crippen LogP contribution in [0, 0.1) is 0 Å². The molecule has 0 heterocycles. The van der Waals surface area contributed by atoms with Crippen molar-refractivity contribution in [1.29, 1.82) is 0 Å². The molecule has 6 nitrogen and oxygen atoms in total. The van der Waals surface area contributed by atoms with E-state index in [0.29, 0.717) is 5.56 Å². The minimum Gasteiger partial charge on any atom is -0.508 e. The summed E-state index contributed by atoms with van der Waals surface area (Å²) in [6.45, 7) is 5.23. The lowest BCUT2D eigenvalue weighted by Gasteiger charge is -2.26. The Morgan fingerprint density at radius 1 is 1.26 bits per heavy atom. The maximum atomic E-state index is 11.2. The van der Waals surface area contributed by atoms with Crippen molar-refractivity contribution in [2.24, 2.45) is 0 Å². The molecule has 6 heteroatoms. The number of aliphatic carboxylic acids is 1. The van der Waals surface area contributed by atoms with Crippen LogP contribution in [0.1, 0.15) is 32.4 Å². The second-order valence-corrected chi connectivity index (χ2v) is 5.11. The van der Waals surface area contributed by atoms with Crippen LogP contribution < -0.4 is 5.32 Å². The number of nitrogens with one attached hydrogen (secondary N) is 1. The summed E-state index contributed by atoms with van der Waals surface area (Å²) in [4.78, 5) is 11.2. The first-order chi connectivity index (χ1) is 8.69. The van der Waals surface area contributed by atoms with Gasteiger partial charge in [0.15, 0.2) is 0 Å². The Bertz CT molecular complexity index is 424. The van der Waals surface area contributed by atoms with Crippen molar-refractivity contribution in [1.82, 2.24) is 5.32 Å². The van der Waals surface area contributed by atoms with Gasteiger partial charge in [-0.25, -0.2) is 0 Å². The SMILES string of the molecule is CC(C)(C)OC(O)NC(C(=O)O)c1ccc(O)cc1. The average molecular weight is 269 g/mol. The zero-order chi connectivity index (χ0) is 14.6. The standard InChI is InChI=1S/C13H19NO5/c1-13(2,3)19-12(18)14-10(11(16)17)8-4-6-9(15)7-5-8/h4-7,10,12,14-15,18H,1-3H3,(H,16,17). The number of carboxylic acids is 1. The number of aliphatic hydroxyl groups is 1. The average Bonchev–Trinajstić information content (AvgIpc) is 2.24. The Kier molecular flexibility index (Phi) is 4.88. The fourth-order valence-corrected chi connectivity index (χ4v) is 1.49. The van der Waals surface area contributed by atoms with Gasteiger partial charge in [0.25, 0.3) is 0 Å². The first-order valence-corrected chi connectivity index (χ1v) is 5.83. The van der Waals surface area contributed by atoms with E-state index in [1.807, 2.05) is 0 Å². The van der Waals surface area contributed by atoms with E-state index in [0.717, 1.165) is 0 Å². The van der Waals surface area contributed by atoms with Gasteiger partial charge in [0.1, 0.15) is 11.8 Å². The Balaban J connectivity index is 2.79. The fraction of sp³-hybridized carbons (Fsp3) is 0.462. The molecule has 0 amide bonds. The molecule has 0 aliphatic heterocycles. The van der Waals surface area contributed by atoms with Crippen LogP contribution in [0.2, 0.25) is 0 Å². The van der Waals surface area contributed by atoms with Gasteiger partial charge in [-0.1, -0.05) is 12.1 Å². The summed E-state index contributed by atoms with van der Waals surface area (Å²) < 4.78 is 5.20. The second kappa shape index (κ2) is 6.01. The van der Waals surface area contributed by atoms with Crippen LogP contribution in [0.25, 0.3) is 0 Å². The molecule has 0 bridgehead atoms. The number of benzene rings is 1. The van der Waals surface area contributed by atoms with Crippen molar-refractivity contribution >= 4 is 5.97 Å². The number of phenols is 1. The Hall–Kier alpha value is -1.63. The van der Waals surface area contributed by atoms with Gasteiger partial charge in [-0.2, -0.15) is 0 Å². The number of carboxylic acid groups (broad SMARTS) is 1. The number of hydrogen-bond donors (Lipinski definition) is 4. The molecule has 1 aromatic rings. The number of phenolic OH excluding ortho intramolecular Hbond substituents is 1. The van der Waals surface area contributed by atoms with Crippen LogP contribution >= 0.6 is 0 Å². The highest BCUT2D eigenvalue weighted by molar-refractivity contribution is 5.75. The highest BCUT2D eigenvalue weighted by Gasteiger charge is 2.25. The molecule has 0 aliphatic rings. The van der Waals surface area contributed by atoms with Gasteiger partial charge in [0.05, 0.1) is 5.60 Å². The van der Waals surface area contributed by atoms with Gasteiger partial charge in [-0.05, 0) is 38.5 Å². The molecule has 0 aliphatic carbocycles. The van der Waals surface area contributed by atoms with Gasteiger partial charge in [-0.3, -0.25) is 10.1 Å². The van der Waals surface area contributed by atoms with Crippen LogP contribution in [0.5, 0.6) is 5.75 Å². The molecule has 0 radical (unpaired) electrons. The quantitative estimate of drug-likeness (QED) is 0.599. The first kappa shape index (κ1) is 15.4.